The summed E-state index contributed by atoms with van der Waals surface area (Å²) in [7, 11) is 0. The number of nitriles is 1. The SMILES string of the molecule is C=C.N#COc1ccc(Br)cc1. The van der Waals surface area contributed by atoms with E-state index < -0.39 is 0 Å². The summed E-state index contributed by atoms with van der Waals surface area (Å²) in [6, 6.07) is 7.06. The Morgan fingerprint density at radius 1 is 1.25 bits per heavy atom. The van der Waals surface area contributed by atoms with E-state index in [1.54, 1.807) is 18.4 Å². The molecule has 0 aliphatic carbocycles. The molecular formula is C9H8BrNO. The molecular weight excluding hydrogens is 218 g/mol. The first kappa shape index (κ1) is 10.7. The van der Waals surface area contributed by atoms with E-state index in [0.717, 1.165) is 4.47 Å². The Kier molecular flexibility index (Phi) is 5.76. The van der Waals surface area contributed by atoms with Gasteiger partial charge in [-0.1, -0.05) is 15.9 Å². The molecule has 1 rings (SSSR count). The number of rotatable bonds is 1. The average Bonchev–Trinajstić information content (AvgIpc) is 2.13. The van der Waals surface area contributed by atoms with Gasteiger partial charge in [0.25, 0.3) is 6.26 Å². The van der Waals surface area contributed by atoms with Crippen molar-refractivity contribution in [2.45, 2.75) is 0 Å². The zero-order valence-corrected chi connectivity index (χ0v) is 8.04. The van der Waals surface area contributed by atoms with Crippen LogP contribution in [0.3, 0.4) is 0 Å². The quantitative estimate of drug-likeness (QED) is 0.544. The second-order valence-electron chi connectivity index (χ2n) is 1.65. The predicted molar refractivity (Wildman–Crippen MR) is 51.6 cm³/mol. The van der Waals surface area contributed by atoms with Crippen LogP contribution in [0.25, 0.3) is 0 Å². The molecule has 0 amide bonds. The summed E-state index contributed by atoms with van der Waals surface area (Å²) in [4.78, 5) is 0. The Balaban J connectivity index is 0.000000561. The third-order valence-corrected chi connectivity index (χ3v) is 1.51. The first-order valence-corrected chi connectivity index (χ1v) is 3.94. The van der Waals surface area contributed by atoms with Gasteiger partial charge in [-0.2, -0.15) is 0 Å². The molecule has 0 spiro atoms. The van der Waals surface area contributed by atoms with Crippen LogP contribution in [-0.2, 0) is 0 Å². The topological polar surface area (TPSA) is 33.0 Å². The molecule has 0 bridgehead atoms. The van der Waals surface area contributed by atoms with Gasteiger partial charge in [0.05, 0.1) is 0 Å². The van der Waals surface area contributed by atoms with Crippen LogP contribution < -0.4 is 4.74 Å². The maximum Gasteiger partial charge on any atom is 0.292 e. The van der Waals surface area contributed by atoms with Gasteiger partial charge in [-0.3, -0.25) is 0 Å². The Morgan fingerprint density at radius 2 is 1.75 bits per heavy atom. The van der Waals surface area contributed by atoms with E-state index in [4.69, 9.17) is 5.26 Å². The molecule has 0 unspecified atom stereocenters. The lowest BCUT2D eigenvalue weighted by atomic mass is 10.3. The lowest BCUT2D eigenvalue weighted by molar-refractivity contribution is 0.507. The average molecular weight is 226 g/mol. The molecule has 62 valence electrons. The third kappa shape index (κ3) is 3.79. The third-order valence-electron chi connectivity index (χ3n) is 0.977. The molecule has 0 saturated carbocycles. The highest BCUT2D eigenvalue weighted by atomic mass is 79.9. The first-order chi connectivity index (χ1) is 5.83. The van der Waals surface area contributed by atoms with E-state index in [-0.39, 0.29) is 0 Å². The fourth-order valence-corrected chi connectivity index (χ4v) is 0.820. The zero-order chi connectivity index (χ0) is 9.40. The van der Waals surface area contributed by atoms with Gasteiger partial charge in [-0.25, -0.2) is 0 Å². The first-order valence-electron chi connectivity index (χ1n) is 3.14. The van der Waals surface area contributed by atoms with Gasteiger partial charge in [0.2, 0.25) is 0 Å². The molecule has 1 aromatic carbocycles. The summed E-state index contributed by atoms with van der Waals surface area (Å²) in [5.41, 5.74) is 0. The number of ether oxygens (including phenoxy) is 1. The molecule has 2 nitrogen and oxygen atoms in total. The van der Waals surface area contributed by atoms with Crippen LogP contribution in [0.5, 0.6) is 5.75 Å². The van der Waals surface area contributed by atoms with Crippen molar-refractivity contribution in [2.24, 2.45) is 0 Å². The van der Waals surface area contributed by atoms with Gasteiger partial charge in [-0.05, 0) is 24.3 Å². The number of halogens is 1. The van der Waals surface area contributed by atoms with Crippen molar-refractivity contribution < 1.29 is 4.74 Å². The highest BCUT2D eigenvalue weighted by Crippen LogP contribution is 2.15. The fourth-order valence-electron chi connectivity index (χ4n) is 0.555. The summed E-state index contributed by atoms with van der Waals surface area (Å²) in [6.45, 7) is 6.00. The van der Waals surface area contributed by atoms with Crippen molar-refractivity contribution in [1.82, 2.24) is 0 Å². The number of hydrogen-bond acceptors (Lipinski definition) is 2. The van der Waals surface area contributed by atoms with E-state index in [0.29, 0.717) is 5.75 Å². The number of nitrogens with zero attached hydrogens (tertiary/aromatic N) is 1. The Labute approximate surface area is 80.2 Å². The van der Waals surface area contributed by atoms with Gasteiger partial charge < -0.3 is 4.74 Å². The minimum atomic E-state index is 0.561. The van der Waals surface area contributed by atoms with Gasteiger partial charge in [-0.15, -0.1) is 18.4 Å². The van der Waals surface area contributed by atoms with Crippen LogP contribution >= 0.6 is 15.9 Å². The van der Waals surface area contributed by atoms with E-state index in [2.05, 4.69) is 33.8 Å². The van der Waals surface area contributed by atoms with Crippen molar-refractivity contribution in [2.75, 3.05) is 0 Å². The highest BCUT2D eigenvalue weighted by molar-refractivity contribution is 9.10. The summed E-state index contributed by atoms with van der Waals surface area (Å²) in [5.74, 6) is 0.561. The second kappa shape index (κ2) is 6.44. The molecule has 0 fully saturated rings. The molecule has 1 aromatic rings. The van der Waals surface area contributed by atoms with Crippen molar-refractivity contribution in [1.29, 1.82) is 5.26 Å². The molecule has 0 N–H and O–H groups in total. The highest BCUT2D eigenvalue weighted by Gasteiger charge is 1.89. The summed E-state index contributed by atoms with van der Waals surface area (Å²) < 4.78 is 5.52. The zero-order valence-electron chi connectivity index (χ0n) is 6.46. The largest absolute Gasteiger partial charge is 0.388 e. The molecule has 0 aliphatic rings. The van der Waals surface area contributed by atoms with Crippen molar-refractivity contribution in [3.8, 4) is 12.0 Å². The monoisotopic (exact) mass is 225 g/mol. The summed E-state index contributed by atoms with van der Waals surface area (Å²) >= 11 is 3.26. The van der Waals surface area contributed by atoms with Crippen LogP contribution in [0.15, 0.2) is 41.9 Å². The minimum Gasteiger partial charge on any atom is -0.388 e. The fraction of sp³-hybridized carbons (Fsp3) is 0. The minimum absolute atomic E-state index is 0.561. The lowest BCUT2D eigenvalue weighted by Crippen LogP contribution is -1.79. The molecule has 12 heavy (non-hydrogen) atoms. The number of hydrogen-bond donors (Lipinski definition) is 0. The molecule has 0 aromatic heterocycles. The van der Waals surface area contributed by atoms with E-state index in [9.17, 15) is 0 Å². The maximum atomic E-state index is 8.11. The normalized spacial score (nSPS) is 7.33. The summed E-state index contributed by atoms with van der Waals surface area (Å²) in [5, 5.41) is 8.11. The van der Waals surface area contributed by atoms with Gasteiger partial charge in [0.1, 0.15) is 5.75 Å². The molecule has 0 aliphatic heterocycles. The van der Waals surface area contributed by atoms with Crippen LogP contribution in [0.2, 0.25) is 0 Å². The Morgan fingerprint density at radius 3 is 2.17 bits per heavy atom. The molecule has 0 atom stereocenters. The Hall–Kier alpha value is -1.27. The van der Waals surface area contributed by atoms with Crippen LogP contribution in [0, 0.1) is 11.5 Å². The van der Waals surface area contributed by atoms with Gasteiger partial charge in [0.15, 0.2) is 0 Å². The number of benzene rings is 1. The van der Waals surface area contributed by atoms with Crippen LogP contribution in [-0.4, -0.2) is 0 Å². The second-order valence-corrected chi connectivity index (χ2v) is 2.56. The van der Waals surface area contributed by atoms with E-state index in [1.807, 2.05) is 12.1 Å². The summed E-state index contributed by atoms with van der Waals surface area (Å²) in [6.07, 6.45) is 1.59. The lowest BCUT2D eigenvalue weighted by Gasteiger charge is -1.93. The molecule has 0 saturated heterocycles. The van der Waals surface area contributed by atoms with E-state index in [1.165, 1.54) is 0 Å². The molecule has 3 heteroatoms. The van der Waals surface area contributed by atoms with Crippen LogP contribution in [0.1, 0.15) is 0 Å². The molecule has 0 heterocycles. The van der Waals surface area contributed by atoms with Crippen molar-refractivity contribution in [3.63, 3.8) is 0 Å². The van der Waals surface area contributed by atoms with Crippen LogP contribution in [0.4, 0.5) is 0 Å². The standard InChI is InChI=1S/C7H4BrNO.C2H4/c8-6-1-3-7(4-2-6)10-5-9;1-2/h1-4H;1-2H2. The van der Waals surface area contributed by atoms with Crippen molar-refractivity contribution in [3.05, 3.63) is 41.9 Å². The smallest absolute Gasteiger partial charge is 0.292 e. The predicted octanol–water partition coefficient (Wildman–Crippen LogP) is 3.11. The van der Waals surface area contributed by atoms with E-state index >= 15 is 0 Å². The van der Waals surface area contributed by atoms with Crippen molar-refractivity contribution >= 4 is 15.9 Å². The Bertz CT molecular complexity index is 263. The van der Waals surface area contributed by atoms with Gasteiger partial charge >= 0.3 is 0 Å². The maximum absolute atomic E-state index is 8.11. The molecule has 0 radical (unpaired) electrons. The van der Waals surface area contributed by atoms with Gasteiger partial charge in [0, 0.05) is 4.47 Å².